The third-order valence-corrected chi connectivity index (χ3v) is 1.85. The summed E-state index contributed by atoms with van der Waals surface area (Å²) in [4.78, 5) is 20.0. The fourth-order valence-corrected chi connectivity index (χ4v) is 0.965. The molecule has 0 amide bonds. The lowest BCUT2D eigenvalue weighted by atomic mass is 10.1. The number of quaternary nitrogens is 2. The van der Waals surface area contributed by atoms with Crippen molar-refractivity contribution in [2.75, 3.05) is 6.61 Å². The average Bonchev–Trinajstić information content (AvgIpc) is 2.21. The number of nitrogens with one attached hydrogen (secondary N) is 1. The zero-order chi connectivity index (χ0) is 12.9. The Morgan fingerprint density at radius 3 is 2.24 bits per heavy atom. The van der Waals surface area contributed by atoms with Crippen LogP contribution in [0.15, 0.2) is 0 Å². The van der Waals surface area contributed by atoms with Crippen LogP contribution in [0.4, 0.5) is 0 Å². The van der Waals surface area contributed by atoms with Crippen LogP contribution in [0.5, 0.6) is 0 Å². The van der Waals surface area contributed by atoms with E-state index in [2.05, 4.69) is 9.93 Å². The molecule has 11 nitrogen and oxygen atoms in total. The Morgan fingerprint density at radius 2 is 1.88 bits per heavy atom. The molecule has 0 aromatic heterocycles. The molecule has 12 heteroatoms. The van der Waals surface area contributed by atoms with Crippen molar-refractivity contribution in [2.45, 2.75) is 18.3 Å². The van der Waals surface area contributed by atoms with E-state index in [9.17, 15) is 14.4 Å². The normalized spacial score (nSPS) is 18.2. The van der Waals surface area contributed by atoms with Gasteiger partial charge in [0.2, 0.25) is 5.90 Å². The van der Waals surface area contributed by atoms with Crippen LogP contribution in [-0.4, -0.2) is 51.2 Å². The van der Waals surface area contributed by atoms with Gasteiger partial charge in [-0.2, -0.15) is 0 Å². The summed E-state index contributed by atoms with van der Waals surface area (Å²) >= 11 is 0. The molecule has 0 rings (SSSR count). The molecule has 13 N–H and O–H groups in total. The Balaban J connectivity index is -0.00000112. The van der Waals surface area contributed by atoms with Crippen molar-refractivity contribution in [3.8, 4) is 0 Å². The van der Waals surface area contributed by atoms with E-state index in [4.69, 9.17) is 21.8 Å². The molecule has 0 unspecified atom stereocenters. The second-order valence-corrected chi connectivity index (χ2v) is 3.76. The Hall–Kier alpha value is -0.620. The minimum atomic E-state index is -5.30. The average molecular weight is 280 g/mol. The zero-order valence-electron chi connectivity index (χ0n) is 10.3. The smallest absolute Gasteiger partial charge is 0.210 e. The second kappa shape index (κ2) is 8.47. The van der Waals surface area contributed by atoms with Crippen LogP contribution in [0.25, 0.3) is 0 Å². The topological polar surface area (TPSA) is 250 Å². The van der Waals surface area contributed by atoms with E-state index in [0.29, 0.717) is 0 Å². The van der Waals surface area contributed by atoms with Crippen molar-refractivity contribution >= 4 is 13.7 Å². The minimum Gasteiger partial charge on any atom is -0.790 e. The summed E-state index contributed by atoms with van der Waals surface area (Å²) in [5.41, 5.74) is 0. The molecular weight excluding hydrogens is 261 g/mol. The van der Waals surface area contributed by atoms with Crippen LogP contribution in [0.2, 0.25) is 1.41 Å². The van der Waals surface area contributed by atoms with Crippen molar-refractivity contribution < 1.29 is 40.7 Å². The van der Waals surface area contributed by atoms with Crippen LogP contribution in [-0.2, 0) is 9.09 Å². The molecule has 17 heavy (non-hydrogen) atoms. The molecule has 0 aromatic rings. The van der Waals surface area contributed by atoms with Crippen molar-refractivity contribution in [3.05, 3.63) is 0 Å². The van der Waals surface area contributed by atoms with Crippen LogP contribution < -0.4 is 22.1 Å². The van der Waals surface area contributed by atoms with Gasteiger partial charge in [0.1, 0.15) is 12.2 Å². The molecule has 0 spiro atoms. The van der Waals surface area contributed by atoms with Gasteiger partial charge >= 0.3 is 0 Å². The summed E-state index contributed by atoms with van der Waals surface area (Å²) in [6.45, 7) is -1.09. The number of hydrogen-bond donors (Lipinski definition) is 7. The minimum absolute atomic E-state index is 0. The van der Waals surface area contributed by atoms with Gasteiger partial charge < -0.3 is 51.6 Å². The van der Waals surface area contributed by atoms with Crippen molar-refractivity contribution in [1.29, 1.82) is 5.40 Å². The van der Waals surface area contributed by atoms with Crippen LogP contribution in [0, 0.1) is 5.40 Å². The fourth-order valence-electron chi connectivity index (χ4n) is 0.629. The van der Waals surface area contributed by atoms with Gasteiger partial charge in [-0.1, -0.05) is 0 Å². The van der Waals surface area contributed by atoms with Gasteiger partial charge in [0.25, 0.3) is 0 Å². The summed E-state index contributed by atoms with van der Waals surface area (Å²) in [5, 5.41) is 38.2. The standard InChI is InChI=1S/C5H12NO8P.2H3N/c6-5(10)4(9)3(8)2(7)1-14-15(11,12)13;;/h2-4,7-9H,1H2,(H2,6,10)(H2,11,12,13);2*1H3/t2-,3-,4-;;/m1../s1/i/hD. The number of phosphoric acid groups is 1. The molecule has 0 heterocycles. The van der Waals surface area contributed by atoms with Gasteiger partial charge in [-0.3, -0.25) is 5.40 Å². The number of hydrogen-bond acceptors (Lipinski definition) is 8. The SMILES string of the molecule is [2H]N=C(O)[C@H](O)[C@H](O)[C@H](O)COP(=O)([O-])[O-].[NH4+].[NH4+]. The molecule has 0 aromatic carbocycles. The second-order valence-electron chi connectivity index (χ2n) is 2.60. The summed E-state index contributed by atoms with van der Waals surface area (Å²) in [5.74, 6) is -1.18. The summed E-state index contributed by atoms with van der Waals surface area (Å²) in [6.07, 6.45) is -6.09. The van der Waals surface area contributed by atoms with Crippen LogP contribution in [0.3, 0.4) is 0 Å². The van der Waals surface area contributed by atoms with Crippen molar-refractivity contribution in [1.82, 2.24) is 12.3 Å². The first-order chi connectivity index (χ1) is 7.19. The third-order valence-electron chi connectivity index (χ3n) is 1.39. The predicted octanol–water partition coefficient (Wildman–Crippen LogP) is -2.80. The Bertz CT molecular complexity index is 298. The van der Waals surface area contributed by atoms with Crippen LogP contribution in [0.1, 0.15) is 0 Å². The first-order valence-corrected chi connectivity index (χ1v) is 5.06. The molecule has 0 aliphatic rings. The van der Waals surface area contributed by atoms with E-state index in [1.807, 2.05) is 0 Å². The van der Waals surface area contributed by atoms with Gasteiger partial charge in [-0.25, -0.2) is 0 Å². The number of rotatable bonds is 6. The van der Waals surface area contributed by atoms with Crippen molar-refractivity contribution in [3.63, 3.8) is 0 Å². The van der Waals surface area contributed by atoms with Gasteiger partial charge in [-0.05, 0) is 0 Å². The molecule has 0 bridgehead atoms. The molecule has 0 fully saturated rings. The lowest BCUT2D eigenvalue weighted by molar-refractivity contribution is -0.343. The maximum Gasteiger partial charge on any atom is 0.210 e. The summed E-state index contributed by atoms with van der Waals surface area (Å²) in [7, 11) is -5.30. The van der Waals surface area contributed by atoms with E-state index in [0.717, 1.165) is 0 Å². The van der Waals surface area contributed by atoms with Gasteiger partial charge in [0, 0.05) is 0 Å². The maximum atomic E-state index is 10.0. The Kier molecular flexibility index (Phi) is 9.33. The molecule has 0 saturated carbocycles. The highest BCUT2D eigenvalue weighted by Crippen LogP contribution is 2.24. The first kappa shape index (κ1) is 18.7. The molecule has 3 atom stereocenters. The van der Waals surface area contributed by atoms with E-state index < -0.39 is 38.6 Å². The molecular formula is C5H18N3O8P. The third kappa shape index (κ3) is 9.12. The van der Waals surface area contributed by atoms with Gasteiger partial charge in [0.15, 0.2) is 7.52 Å². The fraction of sp³-hybridized carbons (Fsp3) is 0.800. The molecule has 0 aliphatic carbocycles. The first-order valence-electron chi connectivity index (χ1n) is 4.05. The monoisotopic (exact) mass is 280 g/mol. The predicted molar refractivity (Wildman–Crippen MR) is 53.9 cm³/mol. The lowest BCUT2D eigenvalue weighted by Gasteiger charge is -2.31. The number of phosphoric ester groups is 1. The highest BCUT2D eigenvalue weighted by atomic mass is 31.2. The molecule has 0 aliphatic heterocycles. The summed E-state index contributed by atoms with van der Waals surface area (Å²) < 4.78 is 19.9. The lowest BCUT2D eigenvalue weighted by Crippen LogP contribution is -2.44. The quantitative estimate of drug-likeness (QED) is 0.151. The highest BCUT2D eigenvalue weighted by molar-refractivity contribution is 7.43. The number of aliphatic hydroxyl groups excluding tert-OH is 4. The molecule has 106 valence electrons. The largest absolute Gasteiger partial charge is 0.790 e. The van der Waals surface area contributed by atoms with Crippen molar-refractivity contribution in [2.24, 2.45) is 0 Å². The van der Waals surface area contributed by atoms with E-state index in [1.165, 1.54) is 0 Å². The summed E-state index contributed by atoms with van der Waals surface area (Å²) in [6, 6.07) is 0. The Labute approximate surface area is 98.0 Å². The molecule has 0 radical (unpaired) electrons. The Morgan fingerprint density at radius 1 is 1.41 bits per heavy atom. The van der Waals surface area contributed by atoms with E-state index >= 15 is 0 Å². The van der Waals surface area contributed by atoms with Crippen LogP contribution >= 0.6 is 7.82 Å². The number of aliphatic hydroxyl groups is 4. The van der Waals surface area contributed by atoms with E-state index in [-0.39, 0.29) is 12.3 Å². The van der Waals surface area contributed by atoms with Gasteiger partial charge in [0.05, 0.1) is 14.4 Å². The van der Waals surface area contributed by atoms with E-state index in [1.54, 1.807) is 0 Å². The zero-order valence-corrected chi connectivity index (χ0v) is 10.1. The highest BCUT2D eigenvalue weighted by Gasteiger charge is 2.28. The van der Waals surface area contributed by atoms with Gasteiger partial charge in [-0.15, -0.1) is 0 Å². The molecule has 0 saturated heterocycles. The maximum absolute atomic E-state index is 10.0.